The third kappa shape index (κ3) is 2.24. The lowest BCUT2D eigenvalue weighted by Crippen LogP contribution is -2.18. The number of aliphatic hydroxyl groups excluding tert-OH is 1. The largest absolute Gasteiger partial charge is 0.508 e. The van der Waals surface area contributed by atoms with Gasteiger partial charge in [0.1, 0.15) is 11.6 Å². The number of H-pyrrole nitrogens is 1. The number of rotatable bonds is 2. The lowest BCUT2D eigenvalue weighted by atomic mass is 9.99. The Hall–Kier alpha value is -1.81. The minimum absolute atomic E-state index is 0.244. The molecule has 4 heteroatoms. The Morgan fingerprint density at radius 3 is 3.11 bits per heavy atom. The summed E-state index contributed by atoms with van der Waals surface area (Å²) in [6, 6.07) is 7.21. The average Bonchev–Trinajstić information content (AvgIpc) is 2.70. The molecule has 0 fully saturated rings. The molecule has 1 aliphatic rings. The molecule has 1 unspecified atom stereocenters. The lowest BCUT2D eigenvalue weighted by molar-refractivity contribution is 0.157. The summed E-state index contributed by atoms with van der Waals surface area (Å²) in [6.45, 7) is 0. The first kappa shape index (κ1) is 11.3. The van der Waals surface area contributed by atoms with Crippen molar-refractivity contribution in [3.05, 3.63) is 47.0 Å². The molecule has 1 heterocycles. The van der Waals surface area contributed by atoms with Crippen molar-refractivity contribution < 1.29 is 10.2 Å². The van der Waals surface area contributed by atoms with Gasteiger partial charge in [-0.3, -0.25) is 0 Å². The van der Waals surface area contributed by atoms with Crippen LogP contribution in [0.3, 0.4) is 0 Å². The van der Waals surface area contributed by atoms with Crippen molar-refractivity contribution in [1.29, 1.82) is 0 Å². The summed E-state index contributed by atoms with van der Waals surface area (Å²) in [5, 5.41) is 19.0. The van der Waals surface area contributed by atoms with Gasteiger partial charge in [-0.2, -0.15) is 0 Å². The second kappa shape index (κ2) is 4.46. The van der Waals surface area contributed by atoms with Crippen LogP contribution in [0.5, 0.6) is 5.75 Å². The van der Waals surface area contributed by atoms with E-state index in [1.54, 1.807) is 12.1 Å². The number of aliphatic hydroxyl groups is 1. The smallest absolute Gasteiger partial charge is 0.115 e. The molecule has 0 saturated carbocycles. The topological polar surface area (TPSA) is 69.1 Å². The molecule has 0 bridgehead atoms. The maximum absolute atomic E-state index is 9.61. The van der Waals surface area contributed by atoms with Gasteiger partial charge in [-0.25, -0.2) is 4.98 Å². The molecule has 4 nitrogen and oxygen atoms in total. The molecule has 1 atom stereocenters. The summed E-state index contributed by atoms with van der Waals surface area (Å²) in [4.78, 5) is 7.84. The predicted molar refractivity (Wildman–Crippen MR) is 67.5 cm³/mol. The van der Waals surface area contributed by atoms with Crippen LogP contribution in [-0.4, -0.2) is 26.3 Å². The Bertz CT molecular complexity index is 563. The van der Waals surface area contributed by atoms with E-state index in [0.29, 0.717) is 12.8 Å². The molecule has 1 aromatic carbocycles. The number of hydrogen-bond acceptors (Lipinski definition) is 3. The molecule has 0 spiro atoms. The summed E-state index contributed by atoms with van der Waals surface area (Å²) < 4.78 is 0. The summed E-state index contributed by atoms with van der Waals surface area (Å²) in [6.07, 6.45) is 2.74. The van der Waals surface area contributed by atoms with Crippen molar-refractivity contribution >= 4 is 0 Å². The number of aromatic amines is 1. The molecule has 2 aromatic rings. The number of fused-ring (bicyclic) bond motifs is 1. The number of nitrogens with one attached hydrogen (secondary N) is 1. The fourth-order valence-corrected chi connectivity index (χ4v) is 2.46. The Morgan fingerprint density at radius 1 is 1.39 bits per heavy atom. The van der Waals surface area contributed by atoms with Gasteiger partial charge in [-0.15, -0.1) is 0 Å². The predicted octanol–water partition coefficient (Wildman–Crippen LogP) is 1.56. The van der Waals surface area contributed by atoms with Crippen molar-refractivity contribution in [2.24, 2.45) is 0 Å². The van der Waals surface area contributed by atoms with E-state index in [1.165, 1.54) is 0 Å². The van der Waals surface area contributed by atoms with E-state index in [-0.39, 0.29) is 11.9 Å². The van der Waals surface area contributed by atoms with Crippen molar-refractivity contribution in [2.75, 3.05) is 0 Å². The van der Waals surface area contributed by atoms with Gasteiger partial charge < -0.3 is 15.2 Å². The van der Waals surface area contributed by atoms with Crippen LogP contribution in [0, 0.1) is 0 Å². The maximum Gasteiger partial charge on any atom is 0.115 e. The SMILES string of the molecule is Oc1cccc(Cc2nc3c([nH]2)CC(O)CC3)c1. The van der Waals surface area contributed by atoms with Crippen LogP contribution < -0.4 is 0 Å². The fraction of sp³-hybridized carbons (Fsp3) is 0.357. The molecule has 1 aliphatic carbocycles. The standard InChI is InChI=1S/C14H16N2O2/c17-10-3-1-2-9(6-10)7-14-15-12-5-4-11(18)8-13(12)16-14/h1-3,6,11,17-18H,4-5,7-8H2,(H,15,16). The number of benzene rings is 1. The number of phenols is 1. The highest BCUT2D eigenvalue weighted by Crippen LogP contribution is 2.21. The summed E-state index contributed by atoms with van der Waals surface area (Å²) in [5.74, 6) is 1.18. The number of imidazole rings is 1. The Kier molecular flexibility index (Phi) is 2.80. The fourth-order valence-electron chi connectivity index (χ4n) is 2.46. The highest BCUT2D eigenvalue weighted by Gasteiger charge is 2.20. The zero-order valence-electron chi connectivity index (χ0n) is 10.1. The zero-order valence-corrected chi connectivity index (χ0v) is 10.1. The van der Waals surface area contributed by atoms with Crippen molar-refractivity contribution in [2.45, 2.75) is 31.8 Å². The lowest BCUT2D eigenvalue weighted by Gasteiger charge is -2.14. The Balaban J connectivity index is 1.82. The number of aromatic nitrogens is 2. The quantitative estimate of drug-likeness (QED) is 0.750. The summed E-state index contributed by atoms with van der Waals surface area (Å²) in [5.41, 5.74) is 3.17. The second-order valence-electron chi connectivity index (χ2n) is 4.85. The minimum Gasteiger partial charge on any atom is -0.508 e. The average molecular weight is 244 g/mol. The summed E-state index contributed by atoms with van der Waals surface area (Å²) >= 11 is 0. The van der Waals surface area contributed by atoms with E-state index in [2.05, 4.69) is 9.97 Å². The zero-order chi connectivity index (χ0) is 12.5. The van der Waals surface area contributed by atoms with Crippen molar-refractivity contribution in [1.82, 2.24) is 9.97 Å². The molecule has 0 saturated heterocycles. The number of aromatic hydroxyl groups is 1. The van der Waals surface area contributed by atoms with Gasteiger partial charge in [0.2, 0.25) is 0 Å². The van der Waals surface area contributed by atoms with E-state index in [9.17, 15) is 10.2 Å². The van der Waals surface area contributed by atoms with Crippen LogP contribution >= 0.6 is 0 Å². The molecule has 18 heavy (non-hydrogen) atoms. The van der Waals surface area contributed by atoms with Crippen LogP contribution in [0.15, 0.2) is 24.3 Å². The molecule has 3 rings (SSSR count). The first-order valence-electron chi connectivity index (χ1n) is 6.23. The number of nitrogens with zero attached hydrogens (tertiary/aromatic N) is 1. The number of phenolic OH excluding ortho intramolecular Hbond substituents is 1. The number of hydrogen-bond donors (Lipinski definition) is 3. The molecular weight excluding hydrogens is 228 g/mol. The van der Waals surface area contributed by atoms with E-state index in [0.717, 1.165) is 35.6 Å². The molecule has 3 N–H and O–H groups in total. The maximum atomic E-state index is 9.61. The summed E-state index contributed by atoms with van der Waals surface area (Å²) in [7, 11) is 0. The van der Waals surface area contributed by atoms with Crippen LogP contribution in [-0.2, 0) is 19.3 Å². The number of aryl methyl sites for hydroxylation is 1. The molecular formula is C14H16N2O2. The van der Waals surface area contributed by atoms with Gasteiger partial charge in [-0.1, -0.05) is 12.1 Å². The monoisotopic (exact) mass is 244 g/mol. The normalized spacial score (nSPS) is 18.6. The minimum atomic E-state index is -0.244. The third-order valence-electron chi connectivity index (χ3n) is 3.35. The molecule has 0 radical (unpaired) electrons. The van der Waals surface area contributed by atoms with E-state index in [1.807, 2.05) is 12.1 Å². The van der Waals surface area contributed by atoms with E-state index in [4.69, 9.17) is 0 Å². The van der Waals surface area contributed by atoms with Gasteiger partial charge in [-0.05, 0) is 30.5 Å². The van der Waals surface area contributed by atoms with Gasteiger partial charge in [0.25, 0.3) is 0 Å². The van der Waals surface area contributed by atoms with Crippen LogP contribution in [0.2, 0.25) is 0 Å². The molecule has 94 valence electrons. The molecule has 0 aliphatic heterocycles. The molecule has 1 aromatic heterocycles. The molecule has 0 amide bonds. The second-order valence-corrected chi connectivity index (χ2v) is 4.85. The van der Waals surface area contributed by atoms with Gasteiger partial charge in [0, 0.05) is 18.5 Å². The van der Waals surface area contributed by atoms with Crippen molar-refractivity contribution in [3.8, 4) is 5.75 Å². The van der Waals surface area contributed by atoms with Crippen LogP contribution in [0.1, 0.15) is 29.2 Å². The van der Waals surface area contributed by atoms with E-state index < -0.39 is 0 Å². The Labute approximate surface area is 105 Å². The highest BCUT2D eigenvalue weighted by molar-refractivity contribution is 5.30. The first-order chi connectivity index (χ1) is 8.70. The van der Waals surface area contributed by atoms with Crippen molar-refractivity contribution in [3.63, 3.8) is 0 Å². The highest BCUT2D eigenvalue weighted by atomic mass is 16.3. The van der Waals surface area contributed by atoms with Crippen LogP contribution in [0.4, 0.5) is 0 Å². The van der Waals surface area contributed by atoms with E-state index >= 15 is 0 Å². The van der Waals surface area contributed by atoms with Gasteiger partial charge in [0.05, 0.1) is 11.8 Å². The van der Waals surface area contributed by atoms with Gasteiger partial charge in [0.15, 0.2) is 0 Å². The van der Waals surface area contributed by atoms with Crippen LogP contribution in [0.25, 0.3) is 0 Å². The Morgan fingerprint density at radius 2 is 2.28 bits per heavy atom. The van der Waals surface area contributed by atoms with Gasteiger partial charge >= 0.3 is 0 Å². The third-order valence-corrected chi connectivity index (χ3v) is 3.35. The first-order valence-corrected chi connectivity index (χ1v) is 6.23.